The number of nitriles is 1. The zero-order valence-corrected chi connectivity index (χ0v) is 18.4. The van der Waals surface area contributed by atoms with Crippen LogP contribution in [0.15, 0.2) is 41.3 Å². The molecule has 2 aromatic rings. The maximum Gasteiger partial charge on any atom is 0.175 e. The minimum atomic E-state index is -3.22. The maximum atomic E-state index is 11.8. The molecule has 2 rings (SSSR count). The van der Waals surface area contributed by atoms with Crippen LogP contribution >= 0.6 is 0 Å². The molecule has 0 radical (unpaired) electrons. The van der Waals surface area contributed by atoms with E-state index in [0.29, 0.717) is 10.8 Å². The minimum absolute atomic E-state index is 0.00160. The topological polar surface area (TPSA) is 70.0 Å². The van der Waals surface area contributed by atoms with Crippen molar-refractivity contribution < 1.29 is 8.42 Å². The van der Waals surface area contributed by atoms with Gasteiger partial charge in [0.05, 0.1) is 16.5 Å². The second kappa shape index (κ2) is 8.89. The first-order valence-corrected chi connectivity index (χ1v) is 11.5. The summed E-state index contributed by atoms with van der Waals surface area (Å²) in [6.07, 6.45) is 1.96. The Labute approximate surface area is 169 Å². The van der Waals surface area contributed by atoms with E-state index in [4.69, 9.17) is 0 Å². The molecule has 0 aliphatic rings. The van der Waals surface area contributed by atoms with Crippen molar-refractivity contribution >= 4 is 9.84 Å². The van der Waals surface area contributed by atoms with Gasteiger partial charge in [-0.2, -0.15) is 5.26 Å². The van der Waals surface area contributed by atoms with E-state index in [-0.39, 0.29) is 12.1 Å². The molecular formula is C23H30N2O2S. The molecule has 4 nitrogen and oxygen atoms in total. The van der Waals surface area contributed by atoms with Gasteiger partial charge in [-0.25, -0.2) is 8.42 Å². The number of benzene rings is 2. The van der Waals surface area contributed by atoms with E-state index in [9.17, 15) is 13.7 Å². The van der Waals surface area contributed by atoms with Gasteiger partial charge in [0.2, 0.25) is 0 Å². The number of hydrogen-bond donors (Lipinski definition) is 1. The average Bonchev–Trinajstić information content (AvgIpc) is 2.61. The van der Waals surface area contributed by atoms with E-state index in [1.807, 2.05) is 19.9 Å². The van der Waals surface area contributed by atoms with Gasteiger partial charge < -0.3 is 5.32 Å². The first-order chi connectivity index (χ1) is 13.0. The van der Waals surface area contributed by atoms with Crippen molar-refractivity contribution in [1.82, 2.24) is 5.32 Å². The lowest BCUT2D eigenvalue weighted by Crippen LogP contribution is -2.31. The Kier molecular flexibility index (Phi) is 7.03. The molecule has 0 aromatic heterocycles. The SMILES string of the molecule is Cc1c(C(C)C)ccc(CC(C)N[C@H](C)c2cccc(S(C)(=O)=O)c2)c1C#N. The lowest BCUT2D eigenvalue weighted by atomic mass is 9.89. The molecule has 150 valence electrons. The fourth-order valence-corrected chi connectivity index (χ4v) is 4.34. The number of sulfone groups is 1. The van der Waals surface area contributed by atoms with Crippen LogP contribution < -0.4 is 5.32 Å². The molecule has 0 saturated carbocycles. The molecule has 0 fully saturated rings. The fourth-order valence-electron chi connectivity index (χ4n) is 3.66. The highest BCUT2D eigenvalue weighted by Crippen LogP contribution is 2.26. The highest BCUT2D eigenvalue weighted by atomic mass is 32.2. The molecule has 1 unspecified atom stereocenters. The van der Waals surface area contributed by atoms with E-state index in [1.54, 1.807) is 18.2 Å². The molecule has 0 bridgehead atoms. The Morgan fingerprint density at radius 2 is 1.79 bits per heavy atom. The molecule has 2 aromatic carbocycles. The van der Waals surface area contributed by atoms with E-state index >= 15 is 0 Å². The Morgan fingerprint density at radius 1 is 1.11 bits per heavy atom. The molecular weight excluding hydrogens is 368 g/mol. The Hall–Kier alpha value is -2.16. The van der Waals surface area contributed by atoms with Crippen molar-refractivity contribution in [2.45, 2.75) is 63.9 Å². The van der Waals surface area contributed by atoms with E-state index in [2.05, 4.69) is 44.3 Å². The van der Waals surface area contributed by atoms with Gasteiger partial charge in [0.1, 0.15) is 0 Å². The monoisotopic (exact) mass is 398 g/mol. The van der Waals surface area contributed by atoms with Gasteiger partial charge in [0.15, 0.2) is 9.84 Å². The van der Waals surface area contributed by atoms with Gasteiger partial charge in [-0.1, -0.05) is 38.1 Å². The Morgan fingerprint density at radius 3 is 2.36 bits per heavy atom. The predicted octanol–water partition coefficient (Wildman–Crippen LogP) is 4.68. The molecule has 28 heavy (non-hydrogen) atoms. The first kappa shape index (κ1) is 22.1. The lowest BCUT2D eigenvalue weighted by Gasteiger charge is -2.22. The third-order valence-electron chi connectivity index (χ3n) is 5.17. The zero-order valence-electron chi connectivity index (χ0n) is 17.6. The van der Waals surface area contributed by atoms with Gasteiger partial charge in [-0.15, -0.1) is 0 Å². The van der Waals surface area contributed by atoms with Gasteiger partial charge in [0, 0.05) is 18.3 Å². The smallest absolute Gasteiger partial charge is 0.175 e. The number of nitrogens with one attached hydrogen (secondary N) is 1. The van der Waals surface area contributed by atoms with Crippen molar-refractivity contribution in [3.63, 3.8) is 0 Å². The van der Waals surface area contributed by atoms with Gasteiger partial charge in [-0.3, -0.25) is 0 Å². The Balaban J connectivity index is 2.18. The molecule has 2 atom stereocenters. The van der Waals surface area contributed by atoms with Crippen molar-refractivity contribution in [3.8, 4) is 6.07 Å². The normalized spacial score (nSPS) is 13.9. The molecule has 0 saturated heterocycles. The van der Waals surface area contributed by atoms with Crippen LogP contribution in [-0.2, 0) is 16.3 Å². The molecule has 0 spiro atoms. The van der Waals surface area contributed by atoms with E-state index < -0.39 is 9.84 Å². The van der Waals surface area contributed by atoms with Gasteiger partial charge in [-0.05, 0) is 67.5 Å². The molecule has 0 aliphatic carbocycles. The summed E-state index contributed by atoms with van der Waals surface area (Å²) in [7, 11) is -3.22. The predicted molar refractivity (Wildman–Crippen MR) is 114 cm³/mol. The summed E-state index contributed by atoms with van der Waals surface area (Å²) >= 11 is 0. The van der Waals surface area contributed by atoms with Crippen LogP contribution in [0.5, 0.6) is 0 Å². The van der Waals surface area contributed by atoms with Crippen molar-refractivity contribution in [2.75, 3.05) is 6.26 Å². The molecule has 1 N–H and O–H groups in total. The fraction of sp³-hybridized carbons (Fsp3) is 0.435. The van der Waals surface area contributed by atoms with Crippen LogP contribution in [0.3, 0.4) is 0 Å². The summed E-state index contributed by atoms with van der Waals surface area (Å²) in [6, 6.07) is 13.7. The average molecular weight is 399 g/mol. The van der Waals surface area contributed by atoms with Crippen LogP contribution in [0.25, 0.3) is 0 Å². The van der Waals surface area contributed by atoms with Gasteiger partial charge in [0.25, 0.3) is 0 Å². The largest absolute Gasteiger partial charge is 0.307 e. The zero-order chi connectivity index (χ0) is 21.1. The maximum absolute atomic E-state index is 11.8. The summed E-state index contributed by atoms with van der Waals surface area (Å²) in [5.74, 6) is 0.388. The molecule has 0 heterocycles. The summed E-state index contributed by atoms with van der Waals surface area (Å²) < 4.78 is 23.6. The summed E-state index contributed by atoms with van der Waals surface area (Å²) in [6.45, 7) is 10.4. The standard InChI is InChI=1S/C23H30N2O2S/c1-15(2)22-11-10-20(23(14-24)17(22)4)12-16(3)25-18(5)19-8-7-9-21(13-19)28(6,26)27/h7-11,13,15-16,18,25H,12H2,1-6H3/t16?,18-/m1/s1. The number of hydrogen-bond acceptors (Lipinski definition) is 4. The first-order valence-electron chi connectivity index (χ1n) is 9.63. The highest BCUT2D eigenvalue weighted by Gasteiger charge is 2.17. The number of rotatable bonds is 7. The summed E-state index contributed by atoms with van der Waals surface area (Å²) in [5, 5.41) is 13.2. The quantitative estimate of drug-likeness (QED) is 0.735. The van der Waals surface area contributed by atoms with Gasteiger partial charge >= 0.3 is 0 Å². The van der Waals surface area contributed by atoms with Crippen LogP contribution in [0.2, 0.25) is 0 Å². The van der Waals surface area contributed by atoms with Crippen molar-refractivity contribution in [3.05, 3.63) is 64.2 Å². The Bertz CT molecular complexity index is 988. The van der Waals surface area contributed by atoms with Crippen molar-refractivity contribution in [2.24, 2.45) is 0 Å². The number of nitrogens with zero attached hydrogens (tertiary/aromatic N) is 1. The van der Waals surface area contributed by atoms with E-state index in [0.717, 1.165) is 28.7 Å². The van der Waals surface area contributed by atoms with Crippen LogP contribution in [0, 0.1) is 18.3 Å². The highest BCUT2D eigenvalue weighted by molar-refractivity contribution is 7.90. The van der Waals surface area contributed by atoms with Crippen molar-refractivity contribution in [1.29, 1.82) is 5.26 Å². The molecule has 5 heteroatoms. The molecule has 0 amide bonds. The third kappa shape index (κ3) is 5.21. The van der Waals surface area contributed by atoms with E-state index in [1.165, 1.54) is 11.8 Å². The molecule has 0 aliphatic heterocycles. The minimum Gasteiger partial charge on any atom is -0.307 e. The summed E-state index contributed by atoms with van der Waals surface area (Å²) in [5.41, 5.74) is 5.03. The van der Waals surface area contributed by atoms with Crippen LogP contribution in [-0.4, -0.2) is 20.7 Å². The lowest BCUT2D eigenvalue weighted by molar-refractivity contribution is 0.476. The van der Waals surface area contributed by atoms with Crippen LogP contribution in [0.4, 0.5) is 0 Å². The third-order valence-corrected chi connectivity index (χ3v) is 6.28. The summed E-state index contributed by atoms with van der Waals surface area (Å²) in [4.78, 5) is 0.331. The second-order valence-corrected chi connectivity index (χ2v) is 9.93. The second-order valence-electron chi connectivity index (χ2n) is 7.92. The van der Waals surface area contributed by atoms with Crippen LogP contribution in [0.1, 0.15) is 67.5 Å².